The van der Waals surface area contributed by atoms with Crippen LogP contribution in [0.5, 0.6) is 0 Å². The first-order chi connectivity index (χ1) is 6.49. The summed E-state index contributed by atoms with van der Waals surface area (Å²) in [5.41, 5.74) is 0.462. The first kappa shape index (κ1) is 12.0. The lowest BCUT2D eigenvalue weighted by molar-refractivity contribution is 0.195. The van der Waals surface area contributed by atoms with E-state index in [4.69, 9.17) is 0 Å². The maximum atomic E-state index is 3.71. The molecule has 0 aromatic carbocycles. The molecule has 0 spiro atoms. The molecular weight excluding hydrogens is 172 g/mol. The molecule has 0 saturated heterocycles. The monoisotopic (exact) mass is 198 g/mol. The maximum Gasteiger partial charge on any atom is 0.0274 e. The molecule has 1 fully saturated rings. The van der Waals surface area contributed by atoms with Gasteiger partial charge in [-0.25, -0.2) is 0 Å². The van der Waals surface area contributed by atoms with Gasteiger partial charge in [0, 0.05) is 12.1 Å². The summed E-state index contributed by atoms with van der Waals surface area (Å²) in [4.78, 5) is 2.38. The fourth-order valence-electron chi connectivity index (χ4n) is 2.63. The van der Waals surface area contributed by atoms with E-state index in [1.165, 1.54) is 19.3 Å². The Kier molecular flexibility index (Phi) is 3.96. The highest BCUT2D eigenvalue weighted by Gasteiger charge is 2.42. The lowest BCUT2D eigenvalue weighted by atomic mass is 9.86. The third kappa shape index (κ3) is 2.48. The van der Waals surface area contributed by atoms with E-state index < -0.39 is 0 Å². The summed E-state index contributed by atoms with van der Waals surface area (Å²) in [5.74, 6) is 0. The topological polar surface area (TPSA) is 15.3 Å². The average Bonchev–Trinajstić information content (AvgIpc) is 2.38. The number of rotatable bonds is 4. The van der Waals surface area contributed by atoms with Crippen molar-refractivity contribution in [2.24, 2.45) is 5.41 Å². The summed E-state index contributed by atoms with van der Waals surface area (Å²) in [6, 6.07) is 1.38. The van der Waals surface area contributed by atoms with E-state index in [0.717, 1.165) is 12.6 Å². The Labute approximate surface area is 89.1 Å². The van der Waals surface area contributed by atoms with Gasteiger partial charge in [0.2, 0.25) is 0 Å². The van der Waals surface area contributed by atoms with Gasteiger partial charge in [-0.05, 0) is 45.3 Å². The van der Waals surface area contributed by atoms with Crippen LogP contribution in [0.25, 0.3) is 0 Å². The fraction of sp³-hybridized carbons (Fsp3) is 1.00. The SMILES string of the molecule is CCCNC1C(N(C)C)CCC1(C)C. The van der Waals surface area contributed by atoms with Crippen LogP contribution in [0.4, 0.5) is 0 Å². The Morgan fingerprint density at radius 1 is 1.36 bits per heavy atom. The lowest BCUT2D eigenvalue weighted by Gasteiger charge is -2.34. The standard InChI is InChI=1S/C12H26N2/c1-6-9-13-11-10(14(4)5)7-8-12(11,2)3/h10-11,13H,6-9H2,1-5H3. The molecule has 0 aromatic heterocycles. The molecule has 14 heavy (non-hydrogen) atoms. The molecule has 0 heterocycles. The molecule has 2 atom stereocenters. The fourth-order valence-corrected chi connectivity index (χ4v) is 2.63. The van der Waals surface area contributed by atoms with E-state index in [2.05, 4.69) is 45.1 Å². The molecule has 2 unspecified atom stereocenters. The predicted octanol–water partition coefficient (Wildman–Crippen LogP) is 2.10. The zero-order valence-electron chi connectivity index (χ0n) is 10.4. The predicted molar refractivity (Wildman–Crippen MR) is 62.6 cm³/mol. The summed E-state index contributed by atoms with van der Waals surface area (Å²) >= 11 is 0. The van der Waals surface area contributed by atoms with Crippen molar-refractivity contribution >= 4 is 0 Å². The first-order valence-electron chi connectivity index (χ1n) is 5.89. The molecule has 1 rings (SSSR count). The van der Waals surface area contributed by atoms with Crippen LogP contribution in [-0.2, 0) is 0 Å². The highest BCUT2D eigenvalue weighted by molar-refractivity contribution is 4.99. The van der Waals surface area contributed by atoms with Gasteiger partial charge in [-0.15, -0.1) is 0 Å². The number of hydrogen-bond donors (Lipinski definition) is 1. The van der Waals surface area contributed by atoms with Crippen LogP contribution in [0.1, 0.15) is 40.0 Å². The van der Waals surface area contributed by atoms with Crippen molar-refractivity contribution in [1.82, 2.24) is 10.2 Å². The highest BCUT2D eigenvalue weighted by Crippen LogP contribution is 2.39. The Balaban J connectivity index is 2.61. The highest BCUT2D eigenvalue weighted by atomic mass is 15.2. The van der Waals surface area contributed by atoms with Crippen LogP contribution in [0.2, 0.25) is 0 Å². The zero-order valence-corrected chi connectivity index (χ0v) is 10.4. The molecule has 2 heteroatoms. The summed E-state index contributed by atoms with van der Waals surface area (Å²) < 4.78 is 0. The average molecular weight is 198 g/mol. The van der Waals surface area contributed by atoms with E-state index in [0.29, 0.717) is 11.5 Å². The number of likely N-dealkylation sites (N-methyl/N-ethyl adjacent to an activating group) is 1. The lowest BCUT2D eigenvalue weighted by Crippen LogP contribution is -2.49. The third-order valence-electron chi connectivity index (χ3n) is 3.59. The van der Waals surface area contributed by atoms with Gasteiger partial charge < -0.3 is 10.2 Å². The maximum absolute atomic E-state index is 3.71. The van der Waals surface area contributed by atoms with Crippen LogP contribution in [0, 0.1) is 5.41 Å². The summed E-state index contributed by atoms with van der Waals surface area (Å²) in [5, 5.41) is 3.71. The van der Waals surface area contributed by atoms with Gasteiger partial charge in [0.1, 0.15) is 0 Å². The molecule has 0 aromatic rings. The molecular formula is C12H26N2. The van der Waals surface area contributed by atoms with Crippen molar-refractivity contribution < 1.29 is 0 Å². The zero-order chi connectivity index (χ0) is 10.8. The van der Waals surface area contributed by atoms with E-state index in [-0.39, 0.29) is 0 Å². The first-order valence-corrected chi connectivity index (χ1v) is 5.89. The van der Waals surface area contributed by atoms with Gasteiger partial charge in [-0.3, -0.25) is 0 Å². The number of hydrogen-bond acceptors (Lipinski definition) is 2. The number of nitrogens with one attached hydrogen (secondary N) is 1. The molecule has 0 radical (unpaired) electrons. The van der Waals surface area contributed by atoms with Gasteiger partial charge in [0.15, 0.2) is 0 Å². The Morgan fingerprint density at radius 3 is 2.50 bits per heavy atom. The van der Waals surface area contributed by atoms with Crippen molar-refractivity contribution in [3.8, 4) is 0 Å². The van der Waals surface area contributed by atoms with Crippen LogP contribution >= 0.6 is 0 Å². The minimum absolute atomic E-state index is 0.462. The second-order valence-electron chi connectivity index (χ2n) is 5.49. The van der Waals surface area contributed by atoms with Crippen molar-refractivity contribution in [2.45, 2.75) is 52.1 Å². The third-order valence-corrected chi connectivity index (χ3v) is 3.59. The van der Waals surface area contributed by atoms with Gasteiger partial charge in [0.05, 0.1) is 0 Å². The summed E-state index contributed by atoms with van der Waals surface area (Å²) in [7, 11) is 4.40. The minimum Gasteiger partial charge on any atom is -0.312 e. The molecule has 1 N–H and O–H groups in total. The molecule has 1 aliphatic rings. The molecule has 1 aliphatic carbocycles. The molecule has 0 aliphatic heterocycles. The molecule has 84 valence electrons. The van der Waals surface area contributed by atoms with E-state index in [1.807, 2.05) is 0 Å². The quantitative estimate of drug-likeness (QED) is 0.744. The van der Waals surface area contributed by atoms with Gasteiger partial charge in [-0.2, -0.15) is 0 Å². The second-order valence-corrected chi connectivity index (χ2v) is 5.49. The van der Waals surface area contributed by atoms with Crippen molar-refractivity contribution in [1.29, 1.82) is 0 Å². The molecule has 0 bridgehead atoms. The second kappa shape index (κ2) is 4.63. The Bertz CT molecular complexity index is 175. The van der Waals surface area contributed by atoms with Crippen LogP contribution in [-0.4, -0.2) is 37.6 Å². The van der Waals surface area contributed by atoms with Gasteiger partial charge in [-0.1, -0.05) is 20.8 Å². The Morgan fingerprint density at radius 2 is 2.00 bits per heavy atom. The van der Waals surface area contributed by atoms with Crippen LogP contribution < -0.4 is 5.32 Å². The van der Waals surface area contributed by atoms with Crippen LogP contribution in [0.3, 0.4) is 0 Å². The molecule has 1 saturated carbocycles. The van der Waals surface area contributed by atoms with Crippen molar-refractivity contribution in [2.75, 3.05) is 20.6 Å². The van der Waals surface area contributed by atoms with Crippen molar-refractivity contribution in [3.63, 3.8) is 0 Å². The molecule has 0 amide bonds. The summed E-state index contributed by atoms with van der Waals surface area (Å²) in [6.07, 6.45) is 3.91. The summed E-state index contributed by atoms with van der Waals surface area (Å²) in [6.45, 7) is 8.17. The number of nitrogens with zero attached hydrogens (tertiary/aromatic N) is 1. The largest absolute Gasteiger partial charge is 0.312 e. The smallest absolute Gasteiger partial charge is 0.0274 e. The van der Waals surface area contributed by atoms with E-state index in [9.17, 15) is 0 Å². The van der Waals surface area contributed by atoms with Crippen LogP contribution in [0.15, 0.2) is 0 Å². The normalized spacial score (nSPS) is 31.3. The van der Waals surface area contributed by atoms with Crippen molar-refractivity contribution in [3.05, 3.63) is 0 Å². The van der Waals surface area contributed by atoms with E-state index >= 15 is 0 Å². The van der Waals surface area contributed by atoms with Gasteiger partial charge >= 0.3 is 0 Å². The van der Waals surface area contributed by atoms with E-state index in [1.54, 1.807) is 0 Å². The Hall–Kier alpha value is -0.0800. The molecule has 2 nitrogen and oxygen atoms in total. The minimum atomic E-state index is 0.462. The van der Waals surface area contributed by atoms with Gasteiger partial charge in [0.25, 0.3) is 0 Å².